The van der Waals surface area contributed by atoms with Crippen LogP contribution in [0.1, 0.15) is 24.3 Å². The quantitative estimate of drug-likeness (QED) is 0.898. The lowest BCUT2D eigenvalue weighted by atomic mass is 9.90. The molecule has 0 saturated carbocycles. The summed E-state index contributed by atoms with van der Waals surface area (Å²) in [5.74, 6) is 0.0858. The van der Waals surface area contributed by atoms with Crippen LogP contribution in [0.15, 0.2) is 28.0 Å². The predicted molar refractivity (Wildman–Crippen MR) is 77.5 cm³/mol. The van der Waals surface area contributed by atoms with Gasteiger partial charge in [0.05, 0.1) is 9.79 Å². The molecule has 1 aromatic carbocycles. The van der Waals surface area contributed by atoms with E-state index in [2.05, 4.69) is 5.32 Å². The fraction of sp³-hybridized carbons (Fsp3) is 0.538. The number of hydrogen-bond donors (Lipinski definition) is 1. The average Bonchev–Trinajstić information content (AvgIpc) is 2.37. The molecule has 1 heterocycles. The third-order valence-electron chi connectivity index (χ3n) is 3.56. The average molecular weight is 317 g/mol. The smallest absolute Gasteiger partial charge is 0.177 e. The lowest BCUT2D eigenvalue weighted by Gasteiger charge is -2.25. The molecule has 1 aromatic rings. The topological polar surface area (TPSA) is 80.3 Å². The summed E-state index contributed by atoms with van der Waals surface area (Å²) in [6.07, 6.45) is 3.75. The van der Waals surface area contributed by atoms with Crippen molar-refractivity contribution in [2.24, 2.45) is 0 Å². The van der Waals surface area contributed by atoms with Crippen molar-refractivity contribution in [3.63, 3.8) is 0 Å². The van der Waals surface area contributed by atoms with Crippen LogP contribution in [0, 0.1) is 0 Å². The molecule has 7 heteroatoms. The Bertz CT molecular complexity index is 702. The van der Waals surface area contributed by atoms with Gasteiger partial charge in [-0.15, -0.1) is 0 Å². The molecule has 0 amide bonds. The predicted octanol–water partition coefficient (Wildman–Crippen LogP) is 0.961. The highest BCUT2D eigenvalue weighted by atomic mass is 32.2. The molecule has 5 nitrogen and oxygen atoms in total. The van der Waals surface area contributed by atoms with E-state index >= 15 is 0 Å². The largest absolute Gasteiger partial charge is 0.317 e. The molecule has 0 unspecified atom stereocenters. The molecule has 0 aliphatic carbocycles. The van der Waals surface area contributed by atoms with Gasteiger partial charge in [-0.25, -0.2) is 16.8 Å². The molecule has 0 bridgehead atoms. The number of benzene rings is 1. The SMILES string of the molecule is CS(=O)(=O)c1cccc(C2CCNCC2)c1S(C)(=O)=O. The standard InChI is InChI=1S/C13H19NO4S2/c1-19(15,16)12-5-3-4-11(13(12)20(2,17)18)10-6-8-14-9-7-10/h3-5,10,14H,6-9H2,1-2H3. The summed E-state index contributed by atoms with van der Waals surface area (Å²) < 4.78 is 47.9. The van der Waals surface area contributed by atoms with Crippen molar-refractivity contribution in [1.29, 1.82) is 0 Å². The van der Waals surface area contributed by atoms with Crippen molar-refractivity contribution in [2.45, 2.75) is 28.6 Å². The third kappa shape index (κ3) is 3.21. The van der Waals surface area contributed by atoms with Crippen LogP contribution in [0.5, 0.6) is 0 Å². The summed E-state index contributed by atoms with van der Waals surface area (Å²) in [6, 6.07) is 4.74. The highest BCUT2D eigenvalue weighted by Gasteiger charge is 2.28. The summed E-state index contributed by atoms with van der Waals surface area (Å²) in [5, 5.41) is 3.22. The fourth-order valence-electron chi connectivity index (χ4n) is 2.68. The van der Waals surface area contributed by atoms with Gasteiger partial charge in [0.25, 0.3) is 0 Å². The summed E-state index contributed by atoms with van der Waals surface area (Å²) in [7, 11) is -7.17. The second-order valence-corrected chi connectivity index (χ2v) is 9.18. The minimum Gasteiger partial charge on any atom is -0.317 e. The van der Waals surface area contributed by atoms with E-state index in [1.54, 1.807) is 12.1 Å². The Balaban J connectivity index is 2.69. The Hall–Kier alpha value is -0.920. The molecular formula is C13H19NO4S2. The highest BCUT2D eigenvalue weighted by molar-refractivity contribution is 7.93. The molecule has 1 fully saturated rings. The maximum absolute atomic E-state index is 12.1. The Labute approximate surface area is 120 Å². The Morgan fingerprint density at radius 1 is 1.00 bits per heavy atom. The van der Waals surface area contributed by atoms with Crippen LogP contribution in [0.2, 0.25) is 0 Å². The van der Waals surface area contributed by atoms with E-state index in [-0.39, 0.29) is 15.7 Å². The zero-order valence-electron chi connectivity index (χ0n) is 11.6. The number of rotatable bonds is 3. The number of sulfone groups is 2. The van der Waals surface area contributed by atoms with Crippen molar-refractivity contribution in [3.05, 3.63) is 23.8 Å². The van der Waals surface area contributed by atoms with Crippen LogP contribution in [0.3, 0.4) is 0 Å². The first-order chi connectivity index (χ1) is 9.21. The first kappa shape index (κ1) is 15.5. The molecule has 0 spiro atoms. The summed E-state index contributed by atoms with van der Waals surface area (Å²) >= 11 is 0. The monoisotopic (exact) mass is 317 g/mol. The second-order valence-electron chi connectivity index (χ2n) is 5.24. The number of hydrogen-bond acceptors (Lipinski definition) is 5. The van der Waals surface area contributed by atoms with E-state index in [4.69, 9.17) is 0 Å². The van der Waals surface area contributed by atoms with E-state index in [9.17, 15) is 16.8 Å². The van der Waals surface area contributed by atoms with Crippen LogP contribution >= 0.6 is 0 Å². The van der Waals surface area contributed by atoms with Crippen LogP contribution < -0.4 is 5.32 Å². The van der Waals surface area contributed by atoms with E-state index in [1.165, 1.54) is 6.07 Å². The van der Waals surface area contributed by atoms with Crippen molar-refractivity contribution in [1.82, 2.24) is 5.32 Å². The maximum Gasteiger partial charge on any atom is 0.177 e. The van der Waals surface area contributed by atoms with Gasteiger partial charge >= 0.3 is 0 Å². The van der Waals surface area contributed by atoms with E-state index in [1.807, 2.05) is 0 Å². The van der Waals surface area contributed by atoms with Gasteiger partial charge in [0.1, 0.15) is 0 Å². The van der Waals surface area contributed by atoms with E-state index in [0.717, 1.165) is 38.4 Å². The van der Waals surface area contributed by atoms with Gasteiger partial charge in [0.15, 0.2) is 19.7 Å². The molecule has 0 radical (unpaired) electrons. The van der Waals surface area contributed by atoms with Crippen LogP contribution in [-0.4, -0.2) is 42.4 Å². The minimum absolute atomic E-state index is 0.0191. The van der Waals surface area contributed by atoms with Crippen molar-refractivity contribution >= 4 is 19.7 Å². The van der Waals surface area contributed by atoms with Gasteiger partial charge in [-0.05, 0) is 43.5 Å². The molecule has 0 aromatic heterocycles. The zero-order valence-corrected chi connectivity index (χ0v) is 13.2. The van der Waals surface area contributed by atoms with E-state index in [0.29, 0.717) is 5.56 Å². The van der Waals surface area contributed by atoms with E-state index < -0.39 is 19.7 Å². The minimum atomic E-state index is -3.60. The first-order valence-electron chi connectivity index (χ1n) is 6.45. The Kier molecular flexibility index (Phi) is 4.22. The lowest BCUT2D eigenvalue weighted by Crippen LogP contribution is -2.27. The molecule has 2 rings (SSSR count). The van der Waals surface area contributed by atoms with Gasteiger partial charge in [0, 0.05) is 12.5 Å². The number of piperidine rings is 1. The molecule has 0 atom stereocenters. The molecule has 1 aliphatic heterocycles. The first-order valence-corrected chi connectivity index (χ1v) is 10.2. The van der Waals surface area contributed by atoms with Crippen LogP contribution in [-0.2, 0) is 19.7 Å². The molecule has 1 N–H and O–H groups in total. The Morgan fingerprint density at radius 2 is 1.60 bits per heavy atom. The lowest BCUT2D eigenvalue weighted by molar-refractivity contribution is 0.453. The molecule has 20 heavy (non-hydrogen) atoms. The van der Waals surface area contributed by atoms with Crippen molar-refractivity contribution in [3.8, 4) is 0 Å². The zero-order chi connectivity index (χ0) is 15.0. The van der Waals surface area contributed by atoms with Crippen LogP contribution in [0.4, 0.5) is 0 Å². The Morgan fingerprint density at radius 3 is 2.10 bits per heavy atom. The van der Waals surface area contributed by atoms with Crippen molar-refractivity contribution < 1.29 is 16.8 Å². The van der Waals surface area contributed by atoms with Crippen LogP contribution in [0.25, 0.3) is 0 Å². The summed E-state index contributed by atoms with van der Waals surface area (Å²) in [6.45, 7) is 1.63. The highest BCUT2D eigenvalue weighted by Crippen LogP contribution is 2.34. The maximum atomic E-state index is 12.1. The van der Waals surface area contributed by atoms with Gasteiger partial charge in [0.2, 0.25) is 0 Å². The molecule has 1 aliphatic rings. The number of nitrogens with one attached hydrogen (secondary N) is 1. The molecule has 1 saturated heterocycles. The fourth-order valence-corrected chi connectivity index (χ4v) is 5.46. The van der Waals surface area contributed by atoms with Gasteiger partial charge < -0.3 is 5.32 Å². The third-order valence-corrected chi connectivity index (χ3v) is 6.02. The molecular weight excluding hydrogens is 298 g/mol. The molecule has 112 valence electrons. The van der Waals surface area contributed by atoms with Crippen molar-refractivity contribution in [2.75, 3.05) is 25.6 Å². The summed E-state index contributed by atoms with van der Waals surface area (Å²) in [4.78, 5) is -0.106. The summed E-state index contributed by atoms with van der Waals surface area (Å²) in [5.41, 5.74) is 0.636. The van der Waals surface area contributed by atoms with Gasteiger partial charge in [-0.3, -0.25) is 0 Å². The van der Waals surface area contributed by atoms with Gasteiger partial charge in [-0.2, -0.15) is 0 Å². The van der Waals surface area contributed by atoms with Gasteiger partial charge in [-0.1, -0.05) is 12.1 Å². The second kappa shape index (κ2) is 5.46. The normalized spacial score (nSPS) is 18.1.